The minimum absolute atomic E-state index is 0.522. The zero-order chi connectivity index (χ0) is 21.3. The second-order valence-electron chi connectivity index (χ2n) is 8.53. The standard InChI is InChI=1S/C18H13.C13H11.Zr/c1-2-7-13(6-1)15-10-5-11-17-16-9-4-3-8-14(16)12-18(15)17;1-3-7-12(8-4-1)11-13-9-5-2-6-10-13;/h1-6,8-12H,7H2;1-11H;. The minimum atomic E-state index is -0.983. The van der Waals surface area contributed by atoms with Crippen LogP contribution in [0.1, 0.15) is 41.5 Å². The maximum absolute atomic E-state index is 2.39. The number of benzene rings is 4. The van der Waals surface area contributed by atoms with Gasteiger partial charge in [-0.25, -0.2) is 0 Å². The van der Waals surface area contributed by atoms with E-state index in [0.717, 1.165) is 6.42 Å². The third kappa shape index (κ3) is 3.50. The second-order valence-corrected chi connectivity index (χ2v) is 12.2. The van der Waals surface area contributed by atoms with Crippen LogP contribution in [0.25, 0.3) is 16.7 Å². The molecule has 1 heteroatoms. The normalized spacial score (nSPS) is 16.0. The van der Waals surface area contributed by atoms with E-state index in [-0.39, 0.29) is 0 Å². The summed E-state index contributed by atoms with van der Waals surface area (Å²) in [6, 6.07) is 38.5. The van der Waals surface area contributed by atoms with Gasteiger partial charge in [-0.2, -0.15) is 0 Å². The first-order valence-electron chi connectivity index (χ1n) is 11.3. The number of fused-ring (bicyclic) bond motifs is 3. The van der Waals surface area contributed by atoms with E-state index in [9.17, 15) is 0 Å². The maximum atomic E-state index is 2.39. The van der Waals surface area contributed by atoms with Gasteiger partial charge in [0.1, 0.15) is 0 Å². The third-order valence-electron chi connectivity index (χ3n) is 6.67. The molecule has 0 aromatic heterocycles. The van der Waals surface area contributed by atoms with Gasteiger partial charge >= 0.3 is 203 Å². The van der Waals surface area contributed by atoms with Crippen molar-refractivity contribution in [1.82, 2.24) is 0 Å². The molecule has 0 aliphatic heterocycles. The van der Waals surface area contributed by atoms with Crippen molar-refractivity contribution in [2.24, 2.45) is 0 Å². The topological polar surface area (TPSA) is 0 Å². The predicted molar refractivity (Wildman–Crippen MR) is 130 cm³/mol. The Kier molecular flexibility index (Phi) is 5.37. The molecule has 0 saturated heterocycles. The third-order valence-corrected chi connectivity index (χ3v) is 11.4. The van der Waals surface area contributed by atoms with Crippen molar-refractivity contribution in [3.63, 3.8) is 0 Å². The molecule has 1 unspecified atom stereocenters. The Hall–Kier alpha value is -2.76. The van der Waals surface area contributed by atoms with E-state index in [1.165, 1.54) is 33.4 Å². The first kappa shape index (κ1) is 19.9. The summed E-state index contributed by atoms with van der Waals surface area (Å²) in [6.07, 6.45) is 7.85. The van der Waals surface area contributed by atoms with Gasteiger partial charge < -0.3 is 0 Å². The number of hydrogen-bond donors (Lipinski definition) is 0. The summed E-state index contributed by atoms with van der Waals surface area (Å²) < 4.78 is 1.07. The SMILES string of the molecule is C1=CCC(c2cccc3c2[CH]([Zr][CH](c2ccccc2)c2ccccc2)c2ccccc2-3)=C1. The van der Waals surface area contributed by atoms with Crippen LogP contribution in [0, 0.1) is 0 Å². The molecule has 1 atom stereocenters. The van der Waals surface area contributed by atoms with Gasteiger partial charge in [0.25, 0.3) is 0 Å². The molecule has 4 aromatic carbocycles. The zero-order valence-electron chi connectivity index (χ0n) is 17.9. The first-order chi connectivity index (χ1) is 15.9. The van der Waals surface area contributed by atoms with E-state index in [4.69, 9.17) is 0 Å². The van der Waals surface area contributed by atoms with Crippen molar-refractivity contribution in [1.29, 1.82) is 0 Å². The van der Waals surface area contributed by atoms with E-state index in [2.05, 4.69) is 121 Å². The van der Waals surface area contributed by atoms with Crippen LogP contribution in [0.2, 0.25) is 0 Å². The van der Waals surface area contributed by atoms with Gasteiger partial charge in [0, 0.05) is 0 Å². The molecule has 152 valence electrons. The molecule has 6 rings (SSSR count). The Balaban J connectivity index is 1.51. The Morgan fingerprint density at radius 3 is 1.94 bits per heavy atom. The Morgan fingerprint density at radius 2 is 1.25 bits per heavy atom. The summed E-state index contributed by atoms with van der Waals surface area (Å²) in [7, 11) is 0. The fraction of sp³-hybridized carbons (Fsp3) is 0.0968. The van der Waals surface area contributed by atoms with Crippen LogP contribution >= 0.6 is 0 Å². The molecule has 0 nitrogen and oxygen atoms in total. The molecule has 0 fully saturated rings. The van der Waals surface area contributed by atoms with Gasteiger partial charge in [0.2, 0.25) is 0 Å². The van der Waals surface area contributed by atoms with Crippen LogP contribution in [-0.2, 0) is 23.2 Å². The fourth-order valence-corrected chi connectivity index (χ4v) is 10.1. The molecule has 2 aliphatic carbocycles. The predicted octanol–water partition coefficient (Wildman–Crippen LogP) is 7.97. The van der Waals surface area contributed by atoms with Gasteiger partial charge in [-0.3, -0.25) is 0 Å². The van der Waals surface area contributed by atoms with E-state index in [0.29, 0.717) is 7.25 Å². The molecule has 0 saturated carbocycles. The van der Waals surface area contributed by atoms with Gasteiger partial charge in [0.05, 0.1) is 0 Å². The van der Waals surface area contributed by atoms with Gasteiger partial charge in [0.15, 0.2) is 0 Å². The van der Waals surface area contributed by atoms with Crippen molar-refractivity contribution in [3.8, 4) is 11.1 Å². The quantitative estimate of drug-likeness (QED) is 0.268. The van der Waals surface area contributed by atoms with Crippen LogP contribution in [0.5, 0.6) is 0 Å². The van der Waals surface area contributed by atoms with Crippen molar-refractivity contribution in [2.75, 3.05) is 0 Å². The second kappa shape index (κ2) is 8.64. The van der Waals surface area contributed by atoms with E-state index >= 15 is 0 Å². The van der Waals surface area contributed by atoms with Crippen molar-refractivity contribution in [3.05, 3.63) is 149 Å². The molecule has 0 bridgehead atoms. The molecular weight excluding hydrogens is 464 g/mol. The molecule has 0 N–H and O–H groups in total. The molecule has 32 heavy (non-hydrogen) atoms. The van der Waals surface area contributed by atoms with Crippen LogP contribution < -0.4 is 0 Å². The number of allylic oxidation sites excluding steroid dienone is 4. The van der Waals surface area contributed by atoms with Crippen LogP contribution in [0.3, 0.4) is 0 Å². The number of rotatable bonds is 5. The summed E-state index contributed by atoms with van der Waals surface area (Å²) in [6.45, 7) is 0. The van der Waals surface area contributed by atoms with E-state index in [1.807, 2.05) is 0 Å². The molecule has 2 aliphatic rings. The van der Waals surface area contributed by atoms with Crippen LogP contribution in [0.15, 0.2) is 121 Å². The fourth-order valence-electron chi connectivity index (χ4n) is 5.20. The Bertz CT molecular complexity index is 1280. The van der Waals surface area contributed by atoms with Crippen LogP contribution in [-0.4, -0.2) is 0 Å². The van der Waals surface area contributed by atoms with Gasteiger partial charge in [-0.05, 0) is 0 Å². The summed E-state index contributed by atoms with van der Waals surface area (Å²) >= 11 is -0.983. The summed E-state index contributed by atoms with van der Waals surface area (Å²) in [5.74, 6) is 0. The molecule has 0 spiro atoms. The summed E-state index contributed by atoms with van der Waals surface area (Å²) in [5, 5.41) is 0. The summed E-state index contributed by atoms with van der Waals surface area (Å²) in [4.78, 5) is 0. The summed E-state index contributed by atoms with van der Waals surface area (Å²) in [5.41, 5.74) is 11.9. The van der Waals surface area contributed by atoms with Gasteiger partial charge in [-0.15, -0.1) is 0 Å². The van der Waals surface area contributed by atoms with Crippen molar-refractivity contribution >= 4 is 5.57 Å². The first-order valence-corrected chi connectivity index (χ1v) is 14.2. The van der Waals surface area contributed by atoms with Crippen molar-refractivity contribution < 1.29 is 23.2 Å². The molecular formula is C31H24Zr. The number of hydrogen-bond acceptors (Lipinski definition) is 0. The van der Waals surface area contributed by atoms with Crippen LogP contribution in [0.4, 0.5) is 0 Å². The molecule has 0 amide bonds. The average molecular weight is 488 g/mol. The van der Waals surface area contributed by atoms with Gasteiger partial charge in [-0.1, -0.05) is 0 Å². The monoisotopic (exact) mass is 486 g/mol. The molecule has 0 radical (unpaired) electrons. The molecule has 4 aromatic rings. The average Bonchev–Trinajstić information content (AvgIpc) is 3.51. The molecule has 0 heterocycles. The van der Waals surface area contributed by atoms with E-state index in [1.54, 1.807) is 11.1 Å². The van der Waals surface area contributed by atoms with E-state index < -0.39 is 23.2 Å². The zero-order valence-corrected chi connectivity index (χ0v) is 20.4. The van der Waals surface area contributed by atoms with Crippen molar-refractivity contribution in [2.45, 2.75) is 13.7 Å². The Morgan fingerprint density at radius 1 is 0.625 bits per heavy atom. The Labute approximate surface area is 201 Å².